The Morgan fingerprint density at radius 2 is 1.96 bits per heavy atom. The lowest BCUT2D eigenvalue weighted by atomic mass is 10.3. The quantitative estimate of drug-likeness (QED) is 0.822. The van der Waals surface area contributed by atoms with Crippen molar-refractivity contribution in [3.63, 3.8) is 0 Å². The second-order valence-corrected chi connectivity index (χ2v) is 4.86. The summed E-state index contributed by atoms with van der Waals surface area (Å²) < 4.78 is 10.2. The smallest absolute Gasteiger partial charge is 0.344 e. The third-order valence-corrected chi connectivity index (χ3v) is 2.99. The van der Waals surface area contributed by atoms with E-state index in [0.29, 0.717) is 17.3 Å². The first kappa shape index (κ1) is 16.8. The van der Waals surface area contributed by atoms with Crippen LogP contribution in [-0.4, -0.2) is 30.1 Å². The molecule has 0 aliphatic carbocycles. The highest BCUT2D eigenvalue weighted by molar-refractivity contribution is 6.30. The zero-order valence-electron chi connectivity index (χ0n) is 12.4. The van der Waals surface area contributed by atoms with E-state index in [1.807, 2.05) is 0 Å². The number of amides is 1. The van der Waals surface area contributed by atoms with Gasteiger partial charge in [0, 0.05) is 16.9 Å². The molecule has 1 heterocycles. The Hall–Kier alpha value is -2.60. The number of halogens is 1. The van der Waals surface area contributed by atoms with E-state index in [2.05, 4.69) is 10.3 Å². The molecule has 6 nitrogen and oxygen atoms in total. The van der Waals surface area contributed by atoms with Crippen molar-refractivity contribution in [2.24, 2.45) is 0 Å². The molecule has 0 atom stereocenters. The normalized spacial score (nSPS) is 10.0. The van der Waals surface area contributed by atoms with Gasteiger partial charge >= 0.3 is 5.97 Å². The maximum atomic E-state index is 12.0. The molecule has 1 N–H and O–H groups in total. The number of carbonyl (C=O) groups is 2. The molecule has 1 amide bonds. The zero-order valence-corrected chi connectivity index (χ0v) is 13.2. The van der Waals surface area contributed by atoms with Crippen LogP contribution in [0, 0.1) is 0 Å². The molecule has 23 heavy (non-hydrogen) atoms. The van der Waals surface area contributed by atoms with Crippen molar-refractivity contribution in [3.05, 3.63) is 53.2 Å². The van der Waals surface area contributed by atoms with Gasteiger partial charge in [-0.15, -0.1) is 0 Å². The molecule has 0 spiro atoms. The molecule has 1 aromatic carbocycles. The molecule has 7 heteroatoms. The summed E-state index contributed by atoms with van der Waals surface area (Å²) in [6.07, 6.45) is 1.51. The van der Waals surface area contributed by atoms with Crippen LogP contribution >= 0.6 is 11.6 Å². The molecule has 0 saturated heterocycles. The summed E-state index contributed by atoms with van der Waals surface area (Å²) in [5, 5.41) is 3.16. The van der Waals surface area contributed by atoms with Gasteiger partial charge in [0.05, 0.1) is 6.61 Å². The van der Waals surface area contributed by atoms with Crippen molar-refractivity contribution < 1.29 is 19.1 Å². The third kappa shape index (κ3) is 4.96. The average molecular weight is 335 g/mol. The minimum Gasteiger partial charge on any atom is -0.477 e. The average Bonchev–Trinajstić information content (AvgIpc) is 2.56. The number of ether oxygens (including phenoxy) is 2. The van der Waals surface area contributed by atoms with E-state index in [0.717, 1.165) is 0 Å². The number of nitrogens with one attached hydrogen (secondary N) is 1. The number of nitrogens with zero attached hydrogens (tertiary/aromatic N) is 1. The summed E-state index contributed by atoms with van der Waals surface area (Å²) in [7, 11) is 0. The third-order valence-electron chi connectivity index (χ3n) is 2.73. The van der Waals surface area contributed by atoms with Crippen molar-refractivity contribution in [2.45, 2.75) is 6.92 Å². The highest BCUT2D eigenvalue weighted by atomic mass is 35.5. The predicted molar refractivity (Wildman–Crippen MR) is 85.8 cm³/mol. The second-order valence-electron chi connectivity index (χ2n) is 4.42. The van der Waals surface area contributed by atoms with E-state index in [9.17, 15) is 9.59 Å². The van der Waals surface area contributed by atoms with Crippen LogP contribution in [0.3, 0.4) is 0 Å². The van der Waals surface area contributed by atoms with E-state index >= 15 is 0 Å². The molecule has 120 valence electrons. The van der Waals surface area contributed by atoms with Gasteiger partial charge in [0.2, 0.25) is 5.88 Å². The lowest BCUT2D eigenvalue weighted by Gasteiger charge is -2.09. The first-order chi connectivity index (χ1) is 11.1. The van der Waals surface area contributed by atoms with E-state index < -0.39 is 18.5 Å². The number of rotatable bonds is 6. The van der Waals surface area contributed by atoms with Gasteiger partial charge in [0.25, 0.3) is 5.91 Å². The first-order valence-electron chi connectivity index (χ1n) is 6.90. The monoisotopic (exact) mass is 334 g/mol. The molecule has 0 bridgehead atoms. The number of pyridine rings is 1. The summed E-state index contributed by atoms with van der Waals surface area (Å²) in [5.74, 6) is -0.951. The molecule has 0 aliphatic heterocycles. The maximum Gasteiger partial charge on any atom is 0.344 e. The van der Waals surface area contributed by atoms with Gasteiger partial charge in [0.1, 0.15) is 5.56 Å². The minimum absolute atomic E-state index is 0.175. The summed E-state index contributed by atoms with van der Waals surface area (Å²) in [6.45, 7) is 1.74. The van der Waals surface area contributed by atoms with Gasteiger partial charge in [0.15, 0.2) is 6.61 Å². The number of hydrogen-bond donors (Lipinski definition) is 1. The zero-order chi connectivity index (χ0) is 16.7. The summed E-state index contributed by atoms with van der Waals surface area (Å²) in [4.78, 5) is 27.7. The van der Waals surface area contributed by atoms with Gasteiger partial charge < -0.3 is 14.8 Å². The largest absolute Gasteiger partial charge is 0.477 e. The summed E-state index contributed by atoms with van der Waals surface area (Å²) >= 11 is 5.76. The van der Waals surface area contributed by atoms with Crippen LogP contribution in [0.4, 0.5) is 5.69 Å². The lowest BCUT2D eigenvalue weighted by Crippen LogP contribution is -2.21. The van der Waals surface area contributed by atoms with E-state index in [4.69, 9.17) is 21.1 Å². The first-order valence-corrected chi connectivity index (χ1v) is 7.28. The molecule has 0 unspecified atom stereocenters. The van der Waals surface area contributed by atoms with E-state index in [1.54, 1.807) is 37.3 Å². The van der Waals surface area contributed by atoms with Crippen LogP contribution in [0.5, 0.6) is 5.88 Å². The van der Waals surface area contributed by atoms with Gasteiger partial charge in [-0.2, -0.15) is 0 Å². The Labute approximate surface area is 138 Å². The van der Waals surface area contributed by atoms with Gasteiger partial charge in [-0.3, -0.25) is 4.79 Å². The number of hydrogen-bond acceptors (Lipinski definition) is 5. The molecular formula is C16H15ClN2O4. The molecule has 0 saturated carbocycles. The Kier molecular flexibility index (Phi) is 5.94. The van der Waals surface area contributed by atoms with Crippen molar-refractivity contribution in [3.8, 4) is 5.88 Å². The molecule has 1 aromatic heterocycles. The van der Waals surface area contributed by atoms with Crippen LogP contribution < -0.4 is 10.1 Å². The number of aromatic nitrogens is 1. The highest BCUT2D eigenvalue weighted by Gasteiger charge is 2.16. The fourth-order valence-corrected chi connectivity index (χ4v) is 1.86. The highest BCUT2D eigenvalue weighted by Crippen LogP contribution is 2.16. The molecule has 0 radical (unpaired) electrons. The second kappa shape index (κ2) is 8.14. The molecule has 2 rings (SSSR count). The Bertz CT molecular complexity index is 689. The Balaban J connectivity index is 1.91. The number of carbonyl (C=O) groups excluding carboxylic acids is 2. The summed E-state index contributed by atoms with van der Waals surface area (Å²) in [5.41, 5.74) is 0.737. The molecule has 0 aliphatic rings. The molecular weight excluding hydrogens is 320 g/mol. The van der Waals surface area contributed by atoms with Crippen molar-refractivity contribution in [1.29, 1.82) is 0 Å². The fourth-order valence-electron chi connectivity index (χ4n) is 1.74. The van der Waals surface area contributed by atoms with Crippen molar-refractivity contribution in [1.82, 2.24) is 4.98 Å². The Morgan fingerprint density at radius 3 is 2.65 bits per heavy atom. The SMILES string of the molecule is CCOc1ncccc1C(=O)OCC(=O)Nc1ccc(Cl)cc1. The number of anilines is 1. The van der Waals surface area contributed by atoms with Gasteiger partial charge in [-0.25, -0.2) is 9.78 Å². The van der Waals surface area contributed by atoms with Gasteiger partial charge in [-0.1, -0.05) is 11.6 Å². The van der Waals surface area contributed by atoms with Crippen LogP contribution in [0.2, 0.25) is 5.02 Å². The molecule has 2 aromatic rings. The standard InChI is InChI=1S/C16H15ClN2O4/c1-2-22-15-13(4-3-9-18-15)16(21)23-10-14(20)19-12-7-5-11(17)6-8-12/h3-9H,2,10H2,1H3,(H,19,20). The topological polar surface area (TPSA) is 77.5 Å². The minimum atomic E-state index is -0.673. The van der Waals surface area contributed by atoms with E-state index in [1.165, 1.54) is 12.3 Å². The van der Waals surface area contributed by atoms with Crippen molar-refractivity contribution >= 4 is 29.2 Å². The summed E-state index contributed by atoms with van der Waals surface area (Å²) in [6, 6.07) is 9.71. The molecule has 0 fully saturated rings. The van der Waals surface area contributed by atoms with E-state index in [-0.39, 0.29) is 11.4 Å². The predicted octanol–water partition coefficient (Wildman–Crippen LogP) is 2.93. The van der Waals surface area contributed by atoms with Crippen molar-refractivity contribution in [2.75, 3.05) is 18.5 Å². The maximum absolute atomic E-state index is 12.0. The van der Waals surface area contributed by atoms with Crippen LogP contribution in [0.25, 0.3) is 0 Å². The van der Waals surface area contributed by atoms with Gasteiger partial charge in [-0.05, 0) is 43.3 Å². The van der Waals surface area contributed by atoms with Crippen LogP contribution in [0.15, 0.2) is 42.6 Å². The number of esters is 1. The Morgan fingerprint density at radius 1 is 1.22 bits per heavy atom. The number of benzene rings is 1. The van der Waals surface area contributed by atoms with Crippen LogP contribution in [0.1, 0.15) is 17.3 Å². The fraction of sp³-hybridized carbons (Fsp3) is 0.188. The lowest BCUT2D eigenvalue weighted by molar-refractivity contribution is -0.119. The van der Waals surface area contributed by atoms with Crippen LogP contribution in [-0.2, 0) is 9.53 Å².